The predicted octanol–water partition coefficient (Wildman–Crippen LogP) is 0.631. The van der Waals surface area contributed by atoms with Gasteiger partial charge in [0.15, 0.2) is 0 Å². The first-order chi connectivity index (χ1) is 8.15. The topological polar surface area (TPSA) is 53.2 Å². The number of carbonyl (C=O) groups excluding carboxylic acids is 1. The average molecular weight is 239 g/mol. The summed E-state index contributed by atoms with van der Waals surface area (Å²) in [6.07, 6.45) is 4.85. The van der Waals surface area contributed by atoms with Crippen molar-refractivity contribution in [1.82, 2.24) is 16.0 Å². The number of amides is 1. The summed E-state index contributed by atoms with van der Waals surface area (Å²) in [5.74, 6) is 0.926. The number of rotatable bonds is 2. The van der Waals surface area contributed by atoms with Crippen molar-refractivity contribution in [2.75, 3.05) is 13.1 Å². The summed E-state index contributed by atoms with van der Waals surface area (Å²) in [6.45, 7) is 6.03. The van der Waals surface area contributed by atoms with E-state index in [-0.39, 0.29) is 11.9 Å². The number of hydrogen-bond acceptors (Lipinski definition) is 3. The van der Waals surface area contributed by atoms with Gasteiger partial charge in [0.25, 0.3) is 0 Å². The SMILES string of the molecule is CC1CCCC(NC(=O)C2CNC(C)CN2)C1. The Kier molecular flexibility index (Phi) is 4.40. The Labute approximate surface area is 104 Å². The van der Waals surface area contributed by atoms with Crippen molar-refractivity contribution >= 4 is 5.91 Å². The molecule has 0 aromatic rings. The van der Waals surface area contributed by atoms with Crippen molar-refractivity contribution in [3.8, 4) is 0 Å². The van der Waals surface area contributed by atoms with E-state index in [4.69, 9.17) is 0 Å². The van der Waals surface area contributed by atoms with E-state index in [9.17, 15) is 4.79 Å². The van der Waals surface area contributed by atoms with E-state index in [0.29, 0.717) is 12.1 Å². The molecule has 1 saturated heterocycles. The lowest BCUT2D eigenvalue weighted by molar-refractivity contribution is -0.124. The Morgan fingerprint density at radius 3 is 2.65 bits per heavy atom. The molecule has 0 spiro atoms. The first-order valence-corrected chi connectivity index (χ1v) is 6.92. The van der Waals surface area contributed by atoms with Crippen LogP contribution in [-0.4, -0.2) is 37.1 Å². The molecule has 4 atom stereocenters. The Balaban J connectivity index is 1.76. The fourth-order valence-corrected chi connectivity index (χ4v) is 2.83. The molecule has 0 aromatic carbocycles. The zero-order valence-corrected chi connectivity index (χ0v) is 11.0. The first kappa shape index (κ1) is 12.8. The third-order valence-electron chi connectivity index (χ3n) is 3.94. The third-order valence-corrected chi connectivity index (χ3v) is 3.94. The molecule has 4 heteroatoms. The van der Waals surface area contributed by atoms with Gasteiger partial charge in [-0.15, -0.1) is 0 Å². The van der Waals surface area contributed by atoms with Crippen molar-refractivity contribution in [3.63, 3.8) is 0 Å². The fraction of sp³-hybridized carbons (Fsp3) is 0.923. The minimum absolute atomic E-state index is 0.0524. The molecule has 0 radical (unpaired) electrons. The Bertz CT molecular complexity index is 261. The summed E-state index contributed by atoms with van der Waals surface area (Å²) in [7, 11) is 0. The van der Waals surface area contributed by atoms with Crippen LogP contribution in [0.1, 0.15) is 39.5 Å². The van der Waals surface area contributed by atoms with Gasteiger partial charge in [-0.25, -0.2) is 0 Å². The van der Waals surface area contributed by atoms with E-state index < -0.39 is 0 Å². The summed E-state index contributed by atoms with van der Waals surface area (Å²) >= 11 is 0. The molecule has 2 aliphatic rings. The summed E-state index contributed by atoms with van der Waals surface area (Å²) < 4.78 is 0. The summed E-state index contributed by atoms with van der Waals surface area (Å²) in [5.41, 5.74) is 0. The van der Waals surface area contributed by atoms with Crippen molar-refractivity contribution in [2.45, 2.75) is 57.7 Å². The van der Waals surface area contributed by atoms with E-state index in [1.54, 1.807) is 0 Å². The largest absolute Gasteiger partial charge is 0.352 e. The van der Waals surface area contributed by atoms with Crippen LogP contribution in [0.3, 0.4) is 0 Å². The minimum Gasteiger partial charge on any atom is -0.352 e. The highest BCUT2D eigenvalue weighted by Crippen LogP contribution is 2.23. The molecule has 2 rings (SSSR count). The predicted molar refractivity (Wildman–Crippen MR) is 68.8 cm³/mol. The second kappa shape index (κ2) is 5.83. The monoisotopic (exact) mass is 239 g/mol. The molecule has 1 amide bonds. The normalized spacial score (nSPS) is 38.7. The van der Waals surface area contributed by atoms with E-state index in [1.165, 1.54) is 12.8 Å². The van der Waals surface area contributed by atoms with Gasteiger partial charge in [0, 0.05) is 25.2 Å². The lowest BCUT2D eigenvalue weighted by Gasteiger charge is -2.32. The van der Waals surface area contributed by atoms with Gasteiger partial charge in [0.1, 0.15) is 0 Å². The van der Waals surface area contributed by atoms with E-state index in [1.807, 2.05) is 0 Å². The zero-order valence-electron chi connectivity index (χ0n) is 11.0. The Morgan fingerprint density at radius 2 is 2.00 bits per heavy atom. The second-order valence-corrected chi connectivity index (χ2v) is 5.75. The van der Waals surface area contributed by atoms with Crippen LogP contribution in [0.4, 0.5) is 0 Å². The zero-order chi connectivity index (χ0) is 12.3. The van der Waals surface area contributed by atoms with Crippen LogP contribution in [-0.2, 0) is 4.79 Å². The minimum atomic E-state index is -0.0524. The highest BCUT2D eigenvalue weighted by molar-refractivity contribution is 5.82. The quantitative estimate of drug-likeness (QED) is 0.662. The molecule has 98 valence electrons. The average Bonchev–Trinajstić information content (AvgIpc) is 2.29. The van der Waals surface area contributed by atoms with Gasteiger partial charge in [-0.3, -0.25) is 4.79 Å². The molecular weight excluding hydrogens is 214 g/mol. The lowest BCUT2D eigenvalue weighted by Crippen LogP contribution is -2.60. The standard InChI is InChI=1S/C13H25N3O/c1-9-4-3-5-11(6-9)16-13(17)12-8-14-10(2)7-15-12/h9-12,14-15H,3-8H2,1-2H3,(H,16,17). The van der Waals surface area contributed by atoms with Gasteiger partial charge in [0.05, 0.1) is 6.04 Å². The van der Waals surface area contributed by atoms with E-state index in [0.717, 1.165) is 31.8 Å². The maximum absolute atomic E-state index is 12.1. The summed E-state index contributed by atoms with van der Waals surface area (Å²) in [4.78, 5) is 12.1. The smallest absolute Gasteiger partial charge is 0.238 e. The van der Waals surface area contributed by atoms with Gasteiger partial charge >= 0.3 is 0 Å². The summed E-state index contributed by atoms with van der Waals surface area (Å²) in [6, 6.07) is 0.810. The molecule has 1 saturated carbocycles. The molecule has 4 unspecified atom stereocenters. The third kappa shape index (κ3) is 3.68. The second-order valence-electron chi connectivity index (χ2n) is 5.75. The Morgan fingerprint density at radius 1 is 1.18 bits per heavy atom. The van der Waals surface area contributed by atoms with Crippen molar-refractivity contribution in [1.29, 1.82) is 0 Å². The van der Waals surface area contributed by atoms with Crippen molar-refractivity contribution in [2.24, 2.45) is 5.92 Å². The molecule has 1 heterocycles. The fourth-order valence-electron chi connectivity index (χ4n) is 2.83. The molecule has 2 fully saturated rings. The molecule has 0 bridgehead atoms. The van der Waals surface area contributed by atoms with Crippen LogP contribution in [0.5, 0.6) is 0 Å². The Hall–Kier alpha value is -0.610. The van der Waals surface area contributed by atoms with Crippen LogP contribution in [0, 0.1) is 5.92 Å². The van der Waals surface area contributed by atoms with Crippen LogP contribution in [0.15, 0.2) is 0 Å². The van der Waals surface area contributed by atoms with Gasteiger partial charge < -0.3 is 16.0 Å². The molecule has 0 aromatic heterocycles. The van der Waals surface area contributed by atoms with Gasteiger partial charge in [-0.1, -0.05) is 19.8 Å². The van der Waals surface area contributed by atoms with Crippen LogP contribution in [0.2, 0.25) is 0 Å². The molecule has 4 nitrogen and oxygen atoms in total. The highest BCUT2D eigenvalue weighted by Gasteiger charge is 2.26. The molecule has 17 heavy (non-hydrogen) atoms. The van der Waals surface area contributed by atoms with Gasteiger partial charge in [0.2, 0.25) is 5.91 Å². The molecule has 3 N–H and O–H groups in total. The van der Waals surface area contributed by atoms with Crippen LogP contribution < -0.4 is 16.0 Å². The maximum Gasteiger partial charge on any atom is 0.238 e. The van der Waals surface area contributed by atoms with Gasteiger partial charge in [-0.05, 0) is 25.7 Å². The molecule has 1 aliphatic heterocycles. The van der Waals surface area contributed by atoms with E-state index in [2.05, 4.69) is 29.8 Å². The number of carbonyl (C=O) groups is 1. The van der Waals surface area contributed by atoms with Crippen molar-refractivity contribution < 1.29 is 4.79 Å². The number of nitrogens with one attached hydrogen (secondary N) is 3. The van der Waals surface area contributed by atoms with E-state index >= 15 is 0 Å². The van der Waals surface area contributed by atoms with Gasteiger partial charge in [-0.2, -0.15) is 0 Å². The van der Waals surface area contributed by atoms with Crippen LogP contribution >= 0.6 is 0 Å². The number of piperazine rings is 1. The summed E-state index contributed by atoms with van der Waals surface area (Å²) in [5, 5.41) is 9.82. The highest BCUT2D eigenvalue weighted by atomic mass is 16.2. The first-order valence-electron chi connectivity index (χ1n) is 6.92. The number of hydrogen-bond donors (Lipinski definition) is 3. The van der Waals surface area contributed by atoms with Crippen LogP contribution in [0.25, 0.3) is 0 Å². The van der Waals surface area contributed by atoms with Crippen molar-refractivity contribution in [3.05, 3.63) is 0 Å². The molecular formula is C13H25N3O. The maximum atomic E-state index is 12.1. The molecule has 1 aliphatic carbocycles. The lowest BCUT2D eigenvalue weighted by atomic mass is 9.87.